The van der Waals surface area contributed by atoms with Gasteiger partial charge in [-0.1, -0.05) is 50.5 Å². The third-order valence-corrected chi connectivity index (χ3v) is 6.12. The first-order valence-corrected chi connectivity index (χ1v) is 11.2. The molecule has 1 aliphatic heterocycles. The highest BCUT2D eigenvalue weighted by atomic mass is 16.7. The van der Waals surface area contributed by atoms with Crippen molar-refractivity contribution in [2.75, 3.05) is 13.2 Å². The number of aliphatic carboxylic acids is 1. The fourth-order valence-corrected chi connectivity index (χ4v) is 4.55. The van der Waals surface area contributed by atoms with Gasteiger partial charge in [0.05, 0.1) is 19.3 Å². The Kier molecular flexibility index (Phi) is 10.0. The molecule has 1 aliphatic carbocycles. The molecular weight excluding hydrogens is 386 g/mol. The standard InChI is InChI=1S/C23H37NO6/c1-2-3-6-9-17(25)12-13-18-19(22(24)28)16-23(29-14-15-30-23)20(18)10-7-4-5-8-11-21(26)27/h4,7,12-13,17-20,25H,2-3,5-6,8-11,14-16H2,1H3,(H2,24,28)(H,26,27). The number of ether oxygens (including phenoxy) is 2. The zero-order valence-electron chi connectivity index (χ0n) is 18.0. The van der Waals surface area contributed by atoms with Crippen LogP contribution in [0.2, 0.25) is 0 Å². The molecule has 4 atom stereocenters. The second kappa shape index (κ2) is 12.2. The monoisotopic (exact) mass is 423 g/mol. The predicted molar refractivity (Wildman–Crippen MR) is 113 cm³/mol. The summed E-state index contributed by atoms with van der Waals surface area (Å²) in [5.41, 5.74) is 5.71. The van der Waals surface area contributed by atoms with Crippen LogP contribution in [-0.2, 0) is 19.1 Å². The lowest BCUT2D eigenvalue weighted by Gasteiger charge is -2.30. The van der Waals surface area contributed by atoms with Crippen LogP contribution in [0.3, 0.4) is 0 Å². The zero-order valence-corrected chi connectivity index (χ0v) is 18.0. The highest BCUT2D eigenvalue weighted by Gasteiger charge is 2.57. The van der Waals surface area contributed by atoms with Crippen molar-refractivity contribution in [3.05, 3.63) is 24.3 Å². The van der Waals surface area contributed by atoms with E-state index in [1.54, 1.807) is 6.08 Å². The van der Waals surface area contributed by atoms with Gasteiger partial charge in [0.15, 0.2) is 5.79 Å². The van der Waals surface area contributed by atoms with E-state index in [2.05, 4.69) is 6.92 Å². The maximum Gasteiger partial charge on any atom is 0.303 e. The minimum atomic E-state index is -0.826. The summed E-state index contributed by atoms with van der Waals surface area (Å²) in [6.07, 6.45) is 13.5. The Hall–Kier alpha value is -1.70. The number of carboxylic acids is 1. The number of carbonyl (C=O) groups excluding carboxylic acids is 1. The van der Waals surface area contributed by atoms with Crippen LogP contribution < -0.4 is 5.73 Å². The van der Waals surface area contributed by atoms with Crippen LogP contribution in [0.4, 0.5) is 0 Å². The lowest BCUT2D eigenvalue weighted by Crippen LogP contribution is -2.36. The number of aliphatic hydroxyl groups excluding tert-OH is 1. The minimum absolute atomic E-state index is 0.0904. The number of hydrogen-bond donors (Lipinski definition) is 3. The minimum Gasteiger partial charge on any atom is -0.481 e. The highest BCUT2D eigenvalue weighted by molar-refractivity contribution is 5.78. The Balaban J connectivity index is 2.08. The molecule has 0 bridgehead atoms. The fourth-order valence-electron chi connectivity index (χ4n) is 4.55. The summed E-state index contributed by atoms with van der Waals surface area (Å²) in [4.78, 5) is 22.8. The molecule has 1 amide bonds. The maximum atomic E-state index is 12.2. The molecule has 4 N–H and O–H groups in total. The number of rotatable bonds is 13. The van der Waals surface area contributed by atoms with E-state index in [0.717, 1.165) is 19.3 Å². The number of unbranched alkanes of at least 4 members (excludes halogenated alkanes) is 3. The van der Waals surface area contributed by atoms with E-state index in [1.165, 1.54) is 0 Å². The van der Waals surface area contributed by atoms with Crippen molar-refractivity contribution >= 4 is 11.9 Å². The average molecular weight is 424 g/mol. The van der Waals surface area contributed by atoms with Crippen molar-refractivity contribution in [3.8, 4) is 0 Å². The second-order valence-electron chi connectivity index (χ2n) is 8.35. The molecule has 0 aromatic carbocycles. The Morgan fingerprint density at radius 1 is 1.20 bits per heavy atom. The summed E-state index contributed by atoms with van der Waals surface area (Å²) < 4.78 is 12.0. The SMILES string of the molecule is CCCCCC(O)C=CC1C(C(N)=O)CC2(OCCO2)C1CC=CCCCC(=O)O. The van der Waals surface area contributed by atoms with Crippen LogP contribution in [0.15, 0.2) is 24.3 Å². The number of allylic oxidation sites excluding steroid dienone is 3. The van der Waals surface area contributed by atoms with E-state index >= 15 is 0 Å². The van der Waals surface area contributed by atoms with Crippen LogP contribution in [0.1, 0.15) is 64.7 Å². The third kappa shape index (κ3) is 6.93. The van der Waals surface area contributed by atoms with Crippen LogP contribution in [0, 0.1) is 17.8 Å². The molecule has 0 radical (unpaired) electrons. The summed E-state index contributed by atoms with van der Waals surface area (Å²) in [7, 11) is 0. The van der Waals surface area contributed by atoms with Gasteiger partial charge in [0.2, 0.25) is 5.91 Å². The average Bonchev–Trinajstić information content (AvgIpc) is 3.28. The van der Waals surface area contributed by atoms with Gasteiger partial charge in [-0.15, -0.1) is 0 Å². The Morgan fingerprint density at radius 2 is 1.93 bits per heavy atom. The lowest BCUT2D eigenvalue weighted by atomic mass is 9.84. The molecule has 1 saturated carbocycles. The number of carboxylic acid groups (broad SMARTS) is 1. The summed E-state index contributed by atoms with van der Waals surface area (Å²) in [5.74, 6) is -2.67. The van der Waals surface area contributed by atoms with E-state index in [0.29, 0.717) is 45.3 Å². The van der Waals surface area contributed by atoms with Crippen molar-refractivity contribution in [3.63, 3.8) is 0 Å². The molecule has 7 heteroatoms. The molecule has 2 fully saturated rings. The molecule has 170 valence electrons. The van der Waals surface area contributed by atoms with Crippen molar-refractivity contribution < 1.29 is 29.3 Å². The Labute approximate surface area is 179 Å². The van der Waals surface area contributed by atoms with Crippen LogP contribution in [0.5, 0.6) is 0 Å². The third-order valence-electron chi connectivity index (χ3n) is 6.12. The molecule has 0 aromatic rings. The first-order chi connectivity index (χ1) is 14.4. The molecule has 4 unspecified atom stereocenters. The van der Waals surface area contributed by atoms with Crippen molar-refractivity contribution in [2.24, 2.45) is 23.5 Å². The normalized spacial score (nSPS) is 26.8. The van der Waals surface area contributed by atoms with Gasteiger partial charge in [0.1, 0.15) is 0 Å². The molecule has 7 nitrogen and oxygen atoms in total. The number of primary amides is 1. The smallest absolute Gasteiger partial charge is 0.303 e. The van der Waals surface area contributed by atoms with Crippen molar-refractivity contribution in [2.45, 2.75) is 76.6 Å². The van der Waals surface area contributed by atoms with Gasteiger partial charge < -0.3 is 25.4 Å². The molecule has 1 saturated heterocycles. The van der Waals surface area contributed by atoms with Gasteiger partial charge in [0, 0.05) is 24.7 Å². The molecule has 1 heterocycles. The van der Waals surface area contributed by atoms with E-state index in [4.69, 9.17) is 20.3 Å². The molecule has 0 aromatic heterocycles. The van der Waals surface area contributed by atoms with Gasteiger partial charge in [0.25, 0.3) is 0 Å². The van der Waals surface area contributed by atoms with Gasteiger partial charge >= 0.3 is 5.97 Å². The summed E-state index contributed by atoms with van der Waals surface area (Å²) in [6.45, 7) is 3.10. The number of hydrogen-bond acceptors (Lipinski definition) is 5. The first kappa shape index (κ1) is 24.6. The fraction of sp³-hybridized carbons (Fsp3) is 0.739. The van der Waals surface area contributed by atoms with Gasteiger partial charge in [-0.05, 0) is 31.6 Å². The van der Waals surface area contributed by atoms with Crippen LogP contribution in [0.25, 0.3) is 0 Å². The van der Waals surface area contributed by atoms with E-state index in [1.807, 2.05) is 18.2 Å². The zero-order chi connectivity index (χ0) is 22.0. The largest absolute Gasteiger partial charge is 0.481 e. The van der Waals surface area contributed by atoms with Crippen molar-refractivity contribution in [1.82, 2.24) is 0 Å². The lowest BCUT2D eigenvalue weighted by molar-refractivity contribution is -0.184. The van der Waals surface area contributed by atoms with Gasteiger partial charge in [-0.3, -0.25) is 9.59 Å². The van der Waals surface area contributed by atoms with Crippen LogP contribution >= 0.6 is 0 Å². The van der Waals surface area contributed by atoms with E-state index < -0.39 is 23.8 Å². The topological polar surface area (TPSA) is 119 Å². The predicted octanol–water partition coefficient (Wildman–Crippen LogP) is 3.17. The summed E-state index contributed by atoms with van der Waals surface area (Å²) in [6, 6.07) is 0. The first-order valence-electron chi connectivity index (χ1n) is 11.2. The summed E-state index contributed by atoms with van der Waals surface area (Å²) >= 11 is 0. The second-order valence-corrected chi connectivity index (χ2v) is 8.35. The quantitative estimate of drug-likeness (QED) is 0.309. The Morgan fingerprint density at radius 3 is 2.57 bits per heavy atom. The van der Waals surface area contributed by atoms with E-state index in [9.17, 15) is 14.7 Å². The molecule has 2 rings (SSSR count). The van der Waals surface area contributed by atoms with Crippen LogP contribution in [-0.4, -0.2) is 47.2 Å². The number of nitrogens with two attached hydrogens (primary N) is 1. The molecular formula is C23H37NO6. The maximum absolute atomic E-state index is 12.2. The van der Waals surface area contributed by atoms with Gasteiger partial charge in [-0.2, -0.15) is 0 Å². The Bertz CT molecular complexity index is 611. The highest BCUT2D eigenvalue weighted by Crippen LogP contribution is 2.51. The molecule has 1 spiro atoms. The van der Waals surface area contributed by atoms with Crippen molar-refractivity contribution in [1.29, 1.82) is 0 Å². The number of aliphatic hydroxyl groups is 1. The van der Waals surface area contributed by atoms with Gasteiger partial charge in [-0.25, -0.2) is 0 Å². The molecule has 2 aliphatic rings. The molecule has 30 heavy (non-hydrogen) atoms. The summed E-state index contributed by atoms with van der Waals surface area (Å²) in [5, 5.41) is 19.0. The number of carbonyl (C=O) groups is 2. The van der Waals surface area contributed by atoms with E-state index in [-0.39, 0.29) is 24.2 Å². The number of amides is 1.